The minimum Gasteiger partial charge on any atom is -0.326 e. The molecule has 1 amide bonds. The van der Waals surface area contributed by atoms with E-state index in [9.17, 15) is 4.79 Å². The van der Waals surface area contributed by atoms with Crippen LogP contribution in [0.5, 0.6) is 0 Å². The number of thiophene rings is 1. The third-order valence-electron chi connectivity index (χ3n) is 3.67. The van der Waals surface area contributed by atoms with Crippen LogP contribution in [0.15, 0.2) is 40.7 Å². The number of aliphatic imine (C=N–C) groups is 1. The van der Waals surface area contributed by atoms with Gasteiger partial charge in [-0.25, -0.2) is 4.99 Å². The highest BCUT2D eigenvalue weighted by atomic mass is 35.5. The molecule has 0 atom stereocenters. The van der Waals surface area contributed by atoms with Crippen LogP contribution in [-0.4, -0.2) is 23.3 Å². The SMILES string of the molecule is Cc1cccc(NC2=NCC(=O)N2Cc2cccs2)c1C.Cl. The van der Waals surface area contributed by atoms with E-state index >= 15 is 0 Å². The van der Waals surface area contributed by atoms with E-state index < -0.39 is 0 Å². The Bertz CT molecular complexity index is 697. The Morgan fingerprint density at radius 1 is 1.27 bits per heavy atom. The smallest absolute Gasteiger partial charge is 0.251 e. The van der Waals surface area contributed by atoms with Gasteiger partial charge in [0.1, 0.15) is 6.54 Å². The number of hydrogen-bond acceptors (Lipinski definition) is 4. The molecule has 3 rings (SSSR count). The highest BCUT2D eigenvalue weighted by Crippen LogP contribution is 2.21. The van der Waals surface area contributed by atoms with Crippen molar-refractivity contribution >= 4 is 41.3 Å². The highest BCUT2D eigenvalue weighted by molar-refractivity contribution is 7.09. The zero-order chi connectivity index (χ0) is 14.8. The van der Waals surface area contributed by atoms with Gasteiger partial charge in [0.15, 0.2) is 0 Å². The standard InChI is InChI=1S/C16H17N3OS.ClH/c1-11-5-3-7-14(12(11)2)18-16-17-9-15(20)19(16)10-13-6-4-8-21-13;/h3-8H,9-10H2,1-2H3,(H,17,18);1H. The van der Waals surface area contributed by atoms with E-state index in [0.29, 0.717) is 12.5 Å². The van der Waals surface area contributed by atoms with Crippen molar-refractivity contribution in [3.63, 3.8) is 0 Å². The van der Waals surface area contributed by atoms with E-state index in [1.807, 2.05) is 29.6 Å². The van der Waals surface area contributed by atoms with E-state index in [1.54, 1.807) is 16.2 Å². The van der Waals surface area contributed by atoms with Crippen molar-refractivity contribution in [2.24, 2.45) is 4.99 Å². The van der Waals surface area contributed by atoms with Crippen LogP contribution in [0.4, 0.5) is 5.69 Å². The van der Waals surface area contributed by atoms with Gasteiger partial charge in [0, 0.05) is 10.6 Å². The van der Waals surface area contributed by atoms with Crippen LogP contribution in [0.3, 0.4) is 0 Å². The first kappa shape index (κ1) is 16.5. The number of benzene rings is 1. The average molecular weight is 336 g/mol. The summed E-state index contributed by atoms with van der Waals surface area (Å²) in [7, 11) is 0. The lowest BCUT2D eigenvalue weighted by molar-refractivity contribution is -0.125. The van der Waals surface area contributed by atoms with E-state index in [2.05, 4.69) is 30.2 Å². The third-order valence-corrected chi connectivity index (χ3v) is 4.53. The predicted octanol–water partition coefficient (Wildman–Crippen LogP) is 3.60. The van der Waals surface area contributed by atoms with Gasteiger partial charge in [0.25, 0.3) is 5.91 Å². The molecular formula is C16H18ClN3OS. The second-order valence-electron chi connectivity index (χ2n) is 5.07. The van der Waals surface area contributed by atoms with Gasteiger partial charge < -0.3 is 5.32 Å². The molecular weight excluding hydrogens is 318 g/mol. The maximum absolute atomic E-state index is 12.0. The molecule has 116 valence electrons. The van der Waals surface area contributed by atoms with Gasteiger partial charge >= 0.3 is 0 Å². The number of amides is 1. The number of aryl methyl sites for hydroxylation is 1. The number of halogens is 1. The van der Waals surface area contributed by atoms with Gasteiger partial charge in [-0.2, -0.15) is 0 Å². The van der Waals surface area contributed by atoms with Crippen LogP contribution < -0.4 is 5.32 Å². The van der Waals surface area contributed by atoms with Crippen LogP contribution >= 0.6 is 23.7 Å². The Morgan fingerprint density at radius 3 is 2.82 bits per heavy atom. The molecule has 1 aromatic carbocycles. The van der Waals surface area contributed by atoms with Crippen LogP contribution in [0, 0.1) is 13.8 Å². The highest BCUT2D eigenvalue weighted by Gasteiger charge is 2.26. The van der Waals surface area contributed by atoms with E-state index in [1.165, 1.54) is 11.1 Å². The minimum absolute atomic E-state index is 0. The molecule has 1 aliphatic rings. The quantitative estimate of drug-likeness (QED) is 0.931. The van der Waals surface area contributed by atoms with Crippen LogP contribution in [0.2, 0.25) is 0 Å². The molecule has 2 aromatic rings. The van der Waals surface area contributed by atoms with Gasteiger partial charge in [-0.1, -0.05) is 18.2 Å². The van der Waals surface area contributed by atoms with Crippen LogP contribution in [-0.2, 0) is 11.3 Å². The molecule has 1 N–H and O–H groups in total. The van der Waals surface area contributed by atoms with Gasteiger partial charge in [-0.3, -0.25) is 9.69 Å². The van der Waals surface area contributed by atoms with Gasteiger partial charge in [0.05, 0.1) is 6.54 Å². The molecule has 0 saturated carbocycles. The monoisotopic (exact) mass is 335 g/mol. The lowest BCUT2D eigenvalue weighted by Gasteiger charge is -2.20. The summed E-state index contributed by atoms with van der Waals surface area (Å²) in [6, 6.07) is 10.1. The van der Waals surface area contributed by atoms with Crippen LogP contribution in [0.1, 0.15) is 16.0 Å². The molecule has 0 aliphatic carbocycles. The van der Waals surface area contributed by atoms with Crippen molar-refractivity contribution in [1.29, 1.82) is 0 Å². The van der Waals surface area contributed by atoms with E-state index in [0.717, 1.165) is 10.6 Å². The Hall–Kier alpha value is -1.85. The summed E-state index contributed by atoms with van der Waals surface area (Å²) >= 11 is 1.65. The Morgan fingerprint density at radius 2 is 2.09 bits per heavy atom. The first-order valence-electron chi connectivity index (χ1n) is 6.85. The summed E-state index contributed by atoms with van der Waals surface area (Å²) in [5.41, 5.74) is 3.39. The normalized spacial score (nSPS) is 13.8. The molecule has 0 bridgehead atoms. The number of nitrogens with one attached hydrogen (secondary N) is 1. The summed E-state index contributed by atoms with van der Waals surface area (Å²) in [5, 5.41) is 5.32. The number of carbonyl (C=O) groups excluding carboxylic acids is 1. The topological polar surface area (TPSA) is 44.7 Å². The molecule has 6 heteroatoms. The Balaban J connectivity index is 0.00000176. The second-order valence-corrected chi connectivity index (χ2v) is 6.10. The molecule has 2 heterocycles. The molecule has 0 unspecified atom stereocenters. The maximum Gasteiger partial charge on any atom is 0.251 e. The fourth-order valence-electron chi connectivity index (χ4n) is 2.27. The molecule has 4 nitrogen and oxygen atoms in total. The van der Waals surface area contributed by atoms with Gasteiger partial charge in [0.2, 0.25) is 5.96 Å². The minimum atomic E-state index is 0. The molecule has 0 radical (unpaired) electrons. The van der Waals surface area contributed by atoms with Crippen molar-refractivity contribution in [1.82, 2.24) is 4.90 Å². The van der Waals surface area contributed by atoms with E-state index in [4.69, 9.17) is 0 Å². The van der Waals surface area contributed by atoms with Crippen molar-refractivity contribution in [2.45, 2.75) is 20.4 Å². The van der Waals surface area contributed by atoms with Crippen LogP contribution in [0.25, 0.3) is 0 Å². The molecule has 0 spiro atoms. The Labute approximate surface area is 140 Å². The molecule has 22 heavy (non-hydrogen) atoms. The van der Waals surface area contributed by atoms with Crippen molar-refractivity contribution in [3.8, 4) is 0 Å². The second kappa shape index (κ2) is 6.94. The van der Waals surface area contributed by atoms with E-state index in [-0.39, 0.29) is 24.9 Å². The maximum atomic E-state index is 12.0. The summed E-state index contributed by atoms with van der Waals surface area (Å²) in [6.45, 7) is 4.94. The summed E-state index contributed by atoms with van der Waals surface area (Å²) < 4.78 is 0. The number of nitrogens with zero attached hydrogens (tertiary/aromatic N) is 2. The third kappa shape index (κ3) is 3.31. The first-order valence-corrected chi connectivity index (χ1v) is 7.73. The molecule has 1 aromatic heterocycles. The summed E-state index contributed by atoms with van der Waals surface area (Å²) in [5.74, 6) is 0.679. The zero-order valence-electron chi connectivity index (χ0n) is 12.5. The number of guanidine groups is 1. The Kier molecular flexibility index (Phi) is 5.21. The fourth-order valence-corrected chi connectivity index (χ4v) is 2.96. The predicted molar refractivity (Wildman–Crippen MR) is 94.0 cm³/mol. The first-order chi connectivity index (χ1) is 10.1. The molecule has 0 fully saturated rings. The van der Waals surface area contributed by atoms with Gasteiger partial charge in [-0.15, -0.1) is 23.7 Å². The average Bonchev–Trinajstić information content (AvgIpc) is 3.09. The molecule has 0 saturated heterocycles. The van der Waals surface area contributed by atoms with Crippen molar-refractivity contribution in [3.05, 3.63) is 51.7 Å². The number of hydrogen-bond donors (Lipinski definition) is 1. The fraction of sp³-hybridized carbons (Fsp3) is 0.250. The van der Waals surface area contributed by atoms with Crippen molar-refractivity contribution in [2.75, 3.05) is 11.9 Å². The number of rotatable bonds is 3. The van der Waals surface area contributed by atoms with Crippen molar-refractivity contribution < 1.29 is 4.79 Å². The number of anilines is 1. The number of carbonyl (C=O) groups is 1. The summed E-state index contributed by atoms with van der Waals surface area (Å²) in [4.78, 5) is 19.2. The van der Waals surface area contributed by atoms with Gasteiger partial charge in [-0.05, 0) is 42.5 Å². The lowest BCUT2D eigenvalue weighted by Crippen LogP contribution is -2.36. The zero-order valence-corrected chi connectivity index (χ0v) is 14.1. The lowest BCUT2D eigenvalue weighted by atomic mass is 10.1. The summed E-state index contributed by atoms with van der Waals surface area (Å²) in [6.07, 6.45) is 0. The molecule has 1 aliphatic heterocycles. The largest absolute Gasteiger partial charge is 0.326 e.